The average molecular weight is 295 g/mol. The molecular formula is C15H19ClN2S. The van der Waals surface area contributed by atoms with Crippen molar-refractivity contribution in [1.29, 1.82) is 0 Å². The number of halogens is 1. The number of nitrogens with two attached hydrogens (primary N) is 1. The van der Waals surface area contributed by atoms with Gasteiger partial charge in [0, 0.05) is 17.0 Å². The maximum absolute atomic E-state index is 6.11. The Morgan fingerprint density at radius 2 is 2.16 bits per heavy atom. The average Bonchev–Trinajstić information content (AvgIpc) is 2.83. The van der Waals surface area contributed by atoms with E-state index >= 15 is 0 Å². The molecule has 0 radical (unpaired) electrons. The molecule has 0 unspecified atom stereocenters. The van der Waals surface area contributed by atoms with Crippen LogP contribution in [0.4, 0.5) is 0 Å². The Hall–Kier alpha value is -0.640. The molecule has 0 atom stereocenters. The second-order valence-electron chi connectivity index (χ2n) is 5.80. The second kappa shape index (κ2) is 5.04. The molecule has 0 saturated heterocycles. The molecule has 1 aliphatic carbocycles. The number of benzene rings is 1. The summed E-state index contributed by atoms with van der Waals surface area (Å²) >= 11 is 7.83. The standard InChI is InChI=1S/C15H19ClN2S/c1-10-4-6-15(9-17,7-5-10)14-18-12-8-11(16)2-3-13(12)19-14/h2-3,8,10H,4-7,9,17H2,1H3. The van der Waals surface area contributed by atoms with E-state index in [-0.39, 0.29) is 5.41 Å². The first kappa shape index (κ1) is 13.3. The Balaban J connectivity index is 2.01. The molecule has 1 aromatic carbocycles. The Labute approximate surface area is 123 Å². The van der Waals surface area contributed by atoms with E-state index in [2.05, 4.69) is 13.0 Å². The lowest BCUT2D eigenvalue weighted by Gasteiger charge is -2.36. The summed E-state index contributed by atoms with van der Waals surface area (Å²) in [6.45, 7) is 3.03. The first-order valence-corrected chi connectivity index (χ1v) is 8.09. The van der Waals surface area contributed by atoms with Crippen molar-refractivity contribution in [2.75, 3.05) is 6.54 Å². The van der Waals surface area contributed by atoms with E-state index in [1.165, 1.54) is 22.5 Å². The van der Waals surface area contributed by atoms with E-state index < -0.39 is 0 Å². The summed E-state index contributed by atoms with van der Waals surface area (Å²) in [6, 6.07) is 5.95. The van der Waals surface area contributed by atoms with Gasteiger partial charge in [-0.25, -0.2) is 4.98 Å². The molecule has 0 spiro atoms. The number of hydrogen-bond donors (Lipinski definition) is 1. The highest BCUT2D eigenvalue weighted by Crippen LogP contribution is 2.43. The van der Waals surface area contributed by atoms with Crippen molar-refractivity contribution in [2.24, 2.45) is 11.7 Å². The third-order valence-corrected chi connectivity index (χ3v) is 5.94. The van der Waals surface area contributed by atoms with E-state index in [0.717, 1.165) is 29.3 Å². The topological polar surface area (TPSA) is 38.9 Å². The lowest BCUT2D eigenvalue weighted by atomic mass is 9.71. The lowest BCUT2D eigenvalue weighted by Crippen LogP contribution is -2.38. The molecule has 0 aliphatic heterocycles. The van der Waals surface area contributed by atoms with Gasteiger partial charge in [-0.1, -0.05) is 18.5 Å². The first-order valence-electron chi connectivity index (χ1n) is 6.90. The molecular weight excluding hydrogens is 276 g/mol. The predicted molar refractivity (Wildman–Crippen MR) is 83.0 cm³/mol. The number of rotatable bonds is 2. The summed E-state index contributed by atoms with van der Waals surface area (Å²) in [5, 5.41) is 1.96. The molecule has 102 valence electrons. The van der Waals surface area contributed by atoms with E-state index in [1.807, 2.05) is 12.1 Å². The normalized spacial score (nSPS) is 27.8. The molecule has 1 saturated carbocycles. The van der Waals surface area contributed by atoms with Crippen molar-refractivity contribution in [2.45, 2.75) is 38.0 Å². The van der Waals surface area contributed by atoms with Crippen LogP contribution < -0.4 is 5.73 Å². The fourth-order valence-electron chi connectivity index (χ4n) is 2.95. The summed E-state index contributed by atoms with van der Waals surface area (Å²) < 4.78 is 1.21. The summed E-state index contributed by atoms with van der Waals surface area (Å²) in [6.07, 6.45) is 4.85. The molecule has 1 heterocycles. The zero-order valence-corrected chi connectivity index (χ0v) is 12.7. The molecule has 0 bridgehead atoms. The molecule has 1 aliphatic rings. The van der Waals surface area contributed by atoms with Crippen molar-refractivity contribution < 1.29 is 0 Å². The Morgan fingerprint density at radius 3 is 2.84 bits per heavy atom. The minimum absolute atomic E-state index is 0.0999. The fourth-order valence-corrected chi connectivity index (χ4v) is 4.32. The van der Waals surface area contributed by atoms with Crippen LogP contribution in [0.5, 0.6) is 0 Å². The van der Waals surface area contributed by atoms with Crippen LogP contribution >= 0.6 is 22.9 Å². The van der Waals surface area contributed by atoms with Crippen molar-refractivity contribution >= 4 is 33.2 Å². The van der Waals surface area contributed by atoms with Crippen molar-refractivity contribution in [3.63, 3.8) is 0 Å². The van der Waals surface area contributed by atoms with Gasteiger partial charge in [0.05, 0.1) is 10.2 Å². The van der Waals surface area contributed by atoms with Crippen LogP contribution in [-0.4, -0.2) is 11.5 Å². The van der Waals surface area contributed by atoms with E-state index in [1.54, 1.807) is 11.3 Å². The number of fused-ring (bicyclic) bond motifs is 1. The fraction of sp³-hybridized carbons (Fsp3) is 0.533. The molecule has 1 aromatic heterocycles. The van der Waals surface area contributed by atoms with Gasteiger partial charge < -0.3 is 5.73 Å². The molecule has 3 rings (SSSR count). The van der Waals surface area contributed by atoms with Gasteiger partial charge in [0.15, 0.2) is 0 Å². The van der Waals surface area contributed by atoms with Crippen LogP contribution in [0.25, 0.3) is 10.2 Å². The van der Waals surface area contributed by atoms with Crippen LogP contribution in [0.3, 0.4) is 0 Å². The van der Waals surface area contributed by atoms with Gasteiger partial charge in [0.1, 0.15) is 5.01 Å². The number of nitrogens with zero attached hydrogens (tertiary/aromatic N) is 1. The molecule has 2 N–H and O–H groups in total. The largest absolute Gasteiger partial charge is 0.329 e. The van der Waals surface area contributed by atoms with E-state index in [0.29, 0.717) is 6.54 Å². The summed E-state index contributed by atoms with van der Waals surface area (Å²) in [7, 11) is 0. The molecule has 2 nitrogen and oxygen atoms in total. The van der Waals surface area contributed by atoms with Crippen molar-refractivity contribution in [3.8, 4) is 0 Å². The van der Waals surface area contributed by atoms with Gasteiger partial charge in [-0.15, -0.1) is 11.3 Å². The Morgan fingerprint density at radius 1 is 1.42 bits per heavy atom. The maximum atomic E-state index is 6.11. The Kier molecular flexibility index (Phi) is 3.54. The number of aromatic nitrogens is 1. The minimum atomic E-state index is 0.0999. The first-order chi connectivity index (χ1) is 9.13. The van der Waals surface area contributed by atoms with Crippen molar-refractivity contribution in [3.05, 3.63) is 28.2 Å². The van der Waals surface area contributed by atoms with Gasteiger partial charge in [-0.3, -0.25) is 0 Å². The van der Waals surface area contributed by atoms with Crippen LogP contribution in [0.2, 0.25) is 5.02 Å². The van der Waals surface area contributed by atoms with Crippen LogP contribution in [0, 0.1) is 5.92 Å². The summed E-state index contributed by atoms with van der Waals surface area (Å²) in [5.74, 6) is 0.823. The molecule has 19 heavy (non-hydrogen) atoms. The zero-order chi connectivity index (χ0) is 13.5. The number of hydrogen-bond acceptors (Lipinski definition) is 3. The highest BCUT2D eigenvalue weighted by atomic mass is 35.5. The smallest absolute Gasteiger partial charge is 0.101 e. The SMILES string of the molecule is CC1CCC(CN)(c2nc3cc(Cl)ccc3s2)CC1. The maximum Gasteiger partial charge on any atom is 0.101 e. The quantitative estimate of drug-likeness (QED) is 0.894. The predicted octanol–water partition coefficient (Wildman–Crippen LogP) is 4.36. The molecule has 1 fully saturated rings. The number of thiazole rings is 1. The van der Waals surface area contributed by atoms with Gasteiger partial charge in [-0.2, -0.15) is 0 Å². The van der Waals surface area contributed by atoms with Crippen LogP contribution in [-0.2, 0) is 5.41 Å². The second-order valence-corrected chi connectivity index (χ2v) is 7.27. The van der Waals surface area contributed by atoms with Crippen LogP contribution in [0.15, 0.2) is 18.2 Å². The van der Waals surface area contributed by atoms with Gasteiger partial charge in [0.25, 0.3) is 0 Å². The highest BCUT2D eigenvalue weighted by molar-refractivity contribution is 7.18. The van der Waals surface area contributed by atoms with Gasteiger partial charge >= 0.3 is 0 Å². The van der Waals surface area contributed by atoms with Gasteiger partial charge in [0.2, 0.25) is 0 Å². The molecule has 2 aromatic rings. The monoisotopic (exact) mass is 294 g/mol. The van der Waals surface area contributed by atoms with Gasteiger partial charge in [-0.05, 0) is 49.8 Å². The highest BCUT2D eigenvalue weighted by Gasteiger charge is 2.37. The molecule has 4 heteroatoms. The lowest BCUT2D eigenvalue weighted by molar-refractivity contribution is 0.247. The molecule has 0 amide bonds. The van der Waals surface area contributed by atoms with E-state index in [9.17, 15) is 0 Å². The third-order valence-electron chi connectivity index (χ3n) is 4.43. The van der Waals surface area contributed by atoms with Crippen molar-refractivity contribution in [1.82, 2.24) is 4.98 Å². The summed E-state index contributed by atoms with van der Waals surface area (Å²) in [5.41, 5.74) is 7.22. The van der Waals surface area contributed by atoms with Crippen LogP contribution in [0.1, 0.15) is 37.6 Å². The summed E-state index contributed by atoms with van der Waals surface area (Å²) in [4.78, 5) is 4.82. The third kappa shape index (κ3) is 2.39. The zero-order valence-electron chi connectivity index (χ0n) is 11.2. The van der Waals surface area contributed by atoms with E-state index in [4.69, 9.17) is 22.3 Å². The Bertz CT molecular complexity index is 585. The minimum Gasteiger partial charge on any atom is -0.329 e.